The van der Waals surface area contributed by atoms with Crippen molar-refractivity contribution in [3.05, 3.63) is 48.0 Å². The molecule has 140 valence electrons. The van der Waals surface area contributed by atoms with Gasteiger partial charge < -0.3 is 20.1 Å². The van der Waals surface area contributed by atoms with Crippen LogP contribution < -0.4 is 10.2 Å². The zero-order valence-corrected chi connectivity index (χ0v) is 15.6. The van der Waals surface area contributed by atoms with Gasteiger partial charge in [-0.2, -0.15) is 0 Å². The zero-order chi connectivity index (χ0) is 18.7. The Bertz CT molecular complexity index is 736. The highest BCUT2D eigenvalue weighted by Gasteiger charge is 2.26. The lowest BCUT2D eigenvalue weighted by molar-refractivity contribution is 0.0708. The van der Waals surface area contributed by atoms with Crippen molar-refractivity contribution in [1.29, 1.82) is 0 Å². The second-order valence-corrected chi connectivity index (χ2v) is 7.18. The molecular weight excluding hydrogens is 331 g/mol. The Morgan fingerprint density at radius 2 is 2.04 bits per heavy atom. The van der Waals surface area contributed by atoms with E-state index >= 15 is 0 Å². The Morgan fingerprint density at radius 3 is 2.65 bits per heavy atom. The molecule has 5 nitrogen and oxygen atoms in total. The monoisotopic (exact) mass is 358 g/mol. The number of likely N-dealkylation sites (tertiary alicyclic amines) is 1. The second kappa shape index (κ2) is 7.81. The average molecular weight is 358 g/mol. The van der Waals surface area contributed by atoms with Crippen LogP contribution in [-0.4, -0.2) is 48.0 Å². The number of halogens is 1. The minimum Gasteiger partial charge on any atom is -0.380 e. The smallest absolute Gasteiger partial charge is 0.270 e. The second-order valence-electron chi connectivity index (χ2n) is 7.18. The number of H-pyrrole nitrogens is 1. The van der Waals surface area contributed by atoms with Crippen LogP contribution in [0.15, 0.2) is 36.5 Å². The number of nitrogens with zero attached hydrogens (tertiary/aromatic N) is 2. The first kappa shape index (κ1) is 18.3. The summed E-state index contributed by atoms with van der Waals surface area (Å²) in [7, 11) is 2.04. The van der Waals surface area contributed by atoms with Crippen LogP contribution in [0.2, 0.25) is 0 Å². The van der Waals surface area contributed by atoms with E-state index in [2.05, 4.69) is 15.2 Å². The van der Waals surface area contributed by atoms with Gasteiger partial charge in [-0.1, -0.05) is 0 Å². The first-order chi connectivity index (χ1) is 12.5. The largest absolute Gasteiger partial charge is 0.380 e. The van der Waals surface area contributed by atoms with Gasteiger partial charge in [-0.15, -0.1) is 0 Å². The highest BCUT2D eigenvalue weighted by Crippen LogP contribution is 2.27. The molecule has 1 aromatic heterocycles. The number of carbonyl (C=O) groups is 1. The van der Waals surface area contributed by atoms with Crippen LogP contribution in [0.25, 0.3) is 0 Å². The van der Waals surface area contributed by atoms with Crippen LogP contribution in [0.5, 0.6) is 0 Å². The number of piperidine rings is 1. The lowest BCUT2D eigenvalue weighted by atomic mass is 10.0. The molecule has 0 saturated carbocycles. The van der Waals surface area contributed by atoms with E-state index in [1.807, 2.05) is 50.1 Å². The topological polar surface area (TPSA) is 51.4 Å². The summed E-state index contributed by atoms with van der Waals surface area (Å²) in [5, 5.41) is 3.15. The molecule has 1 aromatic carbocycles. The maximum atomic E-state index is 14.0. The lowest BCUT2D eigenvalue weighted by Crippen LogP contribution is -2.45. The summed E-state index contributed by atoms with van der Waals surface area (Å²) in [6, 6.07) is 9.35. The van der Waals surface area contributed by atoms with Gasteiger partial charge in [-0.05, 0) is 57.0 Å². The molecule has 0 aliphatic carbocycles. The summed E-state index contributed by atoms with van der Waals surface area (Å²) in [6.07, 6.45) is 3.56. The summed E-state index contributed by atoms with van der Waals surface area (Å²) in [4.78, 5) is 19.5. The van der Waals surface area contributed by atoms with E-state index in [1.54, 1.807) is 6.20 Å². The van der Waals surface area contributed by atoms with Gasteiger partial charge in [0.15, 0.2) is 0 Å². The standard InChI is InChI=1S/C20H27FN4O/c1-14(2)23-19-13-16(6-7-17(19)21)24(3)15-8-11-25(12-9-15)20(26)18-5-4-10-22-18/h4-7,10,13-15,22-23H,8-9,11-12H2,1-3H3. The van der Waals surface area contributed by atoms with Crippen molar-refractivity contribution in [2.45, 2.75) is 38.8 Å². The van der Waals surface area contributed by atoms with Gasteiger partial charge in [0.2, 0.25) is 0 Å². The lowest BCUT2D eigenvalue weighted by Gasteiger charge is -2.38. The molecule has 1 amide bonds. The van der Waals surface area contributed by atoms with Crippen LogP contribution in [0.4, 0.5) is 15.8 Å². The van der Waals surface area contributed by atoms with E-state index in [4.69, 9.17) is 0 Å². The van der Waals surface area contributed by atoms with Crippen LogP contribution in [0.3, 0.4) is 0 Å². The Kier molecular flexibility index (Phi) is 5.49. The molecule has 1 aliphatic heterocycles. The quantitative estimate of drug-likeness (QED) is 0.857. The van der Waals surface area contributed by atoms with E-state index in [1.165, 1.54) is 6.07 Å². The van der Waals surface area contributed by atoms with E-state index < -0.39 is 0 Å². The zero-order valence-electron chi connectivity index (χ0n) is 15.6. The van der Waals surface area contributed by atoms with Crippen molar-refractivity contribution in [2.24, 2.45) is 0 Å². The van der Waals surface area contributed by atoms with Gasteiger partial charge in [0.05, 0.1) is 5.69 Å². The molecule has 2 aromatic rings. The van der Waals surface area contributed by atoms with Crippen LogP contribution in [0.1, 0.15) is 37.2 Å². The Labute approximate surface area is 154 Å². The molecule has 3 rings (SSSR count). The van der Waals surface area contributed by atoms with Gasteiger partial charge >= 0.3 is 0 Å². The average Bonchev–Trinajstić information content (AvgIpc) is 3.17. The fraction of sp³-hybridized carbons (Fsp3) is 0.450. The Hall–Kier alpha value is -2.50. The summed E-state index contributed by atoms with van der Waals surface area (Å²) >= 11 is 0. The van der Waals surface area contributed by atoms with Crippen molar-refractivity contribution in [3.63, 3.8) is 0 Å². The molecule has 2 N–H and O–H groups in total. The molecular formula is C20H27FN4O. The van der Waals surface area contributed by atoms with Crippen LogP contribution in [0, 0.1) is 5.82 Å². The number of rotatable bonds is 5. The van der Waals surface area contributed by atoms with Crippen molar-refractivity contribution in [3.8, 4) is 0 Å². The SMILES string of the molecule is CC(C)Nc1cc(N(C)C2CCN(C(=O)c3ccc[nH]3)CC2)ccc1F. The third kappa shape index (κ3) is 4.00. The van der Waals surface area contributed by atoms with Gasteiger partial charge in [-0.25, -0.2) is 4.39 Å². The Balaban J connectivity index is 1.63. The number of carbonyl (C=O) groups excluding carboxylic acids is 1. The predicted molar refractivity (Wildman–Crippen MR) is 103 cm³/mol. The van der Waals surface area contributed by atoms with Crippen molar-refractivity contribution in [2.75, 3.05) is 30.4 Å². The summed E-state index contributed by atoms with van der Waals surface area (Å²) in [6.45, 7) is 5.44. The molecule has 2 heterocycles. The molecule has 0 radical (unpaired) electrons. The normalized spacial score (nSPS) is 15.3. The third-order valence-electron chi connectivity index (χ3n) is 4.93. The van der Waals surface area contributed by atoms with Crippen molar-refractivity contribution >= 4 is 17.3 Å². The molecule has 0 spiro atoms. The molecule has 1 aliphatic rings. The molecule has 6 heteroatoms. The van der Waals surface area contributed by atoms with E-state index in [-0.39, 0.29) is 17.8 Å². The van der Waals surface area contributed by atoms with Crippen molar-refractivity contribution in [1.82, 2.24) is 9.88 Å². The summed E-state index contributed by atoms with van der Waals surface area (Å²) < 4.78 is 14.0. The number of anilines is 2. The van der Waals surface area contributed by atoms with Gasteiger partial charge in [0, 0.05) is 44.1 Å². The number of aromatic amines is 1. The maximum Gasteiger partial charge on any atom is 0.270 e. The van der Waals surface area contributed by atoms with Crippen LogP contribution >= 0.6 is 0 Å². The molecule has 0 bridgehead atoms. The van der Waals surface area contributed by atoms with Crippen molar-refractivity contribution < 1.29 is 9.18 Å². The number of hydrogen-bond donors (Lipinski definition) is 2. The first-order valence-electron chi connectivity index (χ1n) is 9.17. The molecule has 26 heavy (non-hydrogen) atoms. The molecule has 1 saturated heterocycles. The van der Waals surface area contributed by atoms with Crippen LogP contribution in [-0.2, 0) is 0 Å². The van der Waals surface area contributed by atoms with Gasteiger partial charge in [-0.3, -0.25) is 4.79 Å². The minimum absolute atomic E-state index is 0.0568. The van der Waals surface area contributed by atoms with E-state index in [0.29, 0.717) is 17.4 Å². The fourth-order valence-electron chi connectivity index (χ4n) is 3.46. The minimum atomic E-state index is -0.234. The molecule has 0 atom stereocenters. The van der Waals surface area contributed by atoms with Gasteiger partial charge in [0.25, 0.3) is 5.91 Å². The maximum absolute atomic E-state index is 14.0. The predicted octanol–water partition coefficient (Wildman–Crippen LogP) is 3.72. The number of nitrogens with one attached hydrogen (secondary N) is 2. The molecule has 0 unspecified atom stereocenters. The third-order valence-corrected chi connectivity index (χ3v) is 4.93. The Morgan fingerprint density at radius 1 is 1.31 bits per heavy atom. The first-order valence-corrected chi connectivity index (χ1v) is 9.17. The number of amides is 1. The molecule has 1 fully saturated rings. The van der Waals surface area contributed by atoms with E-state index in [9.17, 15) is 9.18 Å². The fourth-order valence-corrected chi connectivity index (χ4v) is 3.46. The number of aromatic nitrogens is 1. The highest BCUT2D eigenvalue weighted by molar-refractivity contribution is 5.92. The van der Waals surface area contributed by atoms with Gasteiger partial charge in [0.1, 0.15) is 11.5 Å². The summed E-state index contributed by atoms with van der Waals surface area (Å²) in [5.74, 6) is -0.177. The number of hydrogen-bond acceptors (Lipinski definition) is 3. The van der Waals surface area contributed by atoms with E-state index in [0.717, 1.165) is 31.6 Å². The summed E-state index contributed by atoms with van der Waals surface area (Å²) in [5.41, 5.74) is 2.16. The highest BCUT2D eigenvalue weighted by atomic mass is 19.1. The number of benzene rings is 1.